The van der Waals surface area contributed by atoms with E-state index in [2.05, 4.69) is 10.6 Å². The molecular formula is C12H15N3O4. The number of amides is 1. The van der Waals surface area contributed by atoms with Crippen LogP contribution in [-0.4, -0.2) is 41.7 Å². The molecule has 1 heterocycles. The van der Waals surface area contributed by atoms with E-state index in [1.165, 1.54) is 24.3 Å². The number of aliphatic hydroxyl groups is 1. The lowest BCUT2D eigenvalue weighted by Crippen LogP contribution is -2.34. The van der Waals surface area contributed by atoms with Crippen LogP contribution >= 0.6 is 0 Å². The van der Waals surface area contributed by atoms with Gasteiger partial charge in [-0.1, -0.05) is 6.07 Å². The number of hydrogen-bond acceptors (Lipinski definition) is 5. The molecule has 2 unspecified atom stereocenters. The van der Waals surface area contributed by atoms with Crippen molar-refractivity contribution in [2.45, 2.75) is 6.10 Å². The van der Waals surface area contributed by atoms with Gasteiger partial charge in [0.15, 0.2) is 0 Å². The summed E-state index contributed by atoms with van der Waals surface area (Å²) in [7, 11) is 0. The average molecular weight is 265 g/mol. The molecule has 102 valence electrons. The van der Waals surface area contributed by atoms with E-state index >= 15 is 0 Å². The van der Waals surface area contributed by atoms with Crippen LogP contribution in [0.2, 0.25) is 0 Å². The molecule has 0 radical (unpaired) electrons. The maximum atomic E-state index is 11.8. The molecule has 1 aliphatic rings. The fourth-order valence-corrected chi connectivity index (χ4v) is 2.01. The van der Waals surface area contributed by atoms with E-state index in [1.54, 1.807) is 0 Å². The molecule has 0 bridgehead atoms. The van der Waals surface area contributed by atoms with E-state index in [0.717, 1.165) is 0 Å². The third-order valence-electron chi connectivity index (χ3n) is 3.15. The molecule has 0 aliphatic carbocycles. The zero-order chi connectivity index (χ0) is 13.8. The summed E-state index contributed by atoms with van der Waals surface area (Å²) in [5, 5.41) is 25.9. The van der Waals surface area contributed by atoms with Crippen LogP contribution in [0.3, 0.4) is 0 Å². The van der Waals surface area contributed by atoms with E-state index in [4.69, 9.17) is 0 Å². The van der Waals surface area contributed by atoms with Gasteiger partial charge in [-0.3, -0.25) is 14.9 Å². The van der Waals surface area contributed by atoms with Gasteiger partial charge < -0.3 is 15.7 Å². The minimum absolute atomic E-state index is 0.0253. The zero-order valence-electron chi connectivity index (χ0n) is 10.2. The number of rotatable bonds is 4. The smallest absolute Gasteiger partial charge is 0.270 e. The van der Waals surface area contributed by atoms with Crippen LogP contribution in [-0.2, 0) is 0 Å². The van der Waals surface area contributed by atoms with Gasteiger partial charge in [0.05, 0.1) is 11.0 Å². The Kier molecular flexibility index (Phi) is 4.08. The summed E-state index contributed by atoms with van der Waals surface area (Å²) in [5.74, 6) is -0.398. The highest BCUT2D eigenvalue weighted by Crippen LogP contribution is 2.13. The topological polar surface area (TPSA) is 104 Å². The highest BCUT2D eigenvalue weighted by Gasteiger charge is 2.25. The second-order valence-electron chi connectivity index (χ2n) is 4.50. The van der Waals surface area contributed by atoms with Crippen LogP contribution in [0.15, 0.2) is 24.3 Å². The second kappa shape index (κ2) is 5.77. The van der Waals surface area contributed by atoms with Crippen LogP contribution in [0.5, 0.6) is 0 Å². The van der Waals surface area contributed by atoms with Crippen molar-refractivity contribution < 1.29 is 14.8 Å². The summed E-state index contributed by atoms with van der Waals surface area (Å²) in [6, 6.07) is 5.56. The monoisotopic (exact) mass is 265 g/mol. The highest BCUT2D eigenvalue weighted by atomic mass is 16.6. The van der Waals surface area contributed by atoms with Crippen molar-refractivity contribution in [2.24, 2.45) is 5.92 Å². The number of hydrogen-bond donors (Lipinski definition) is 3. The lowest BCUT2D eigenvalue weighted by molar-refractivity contribution is -0.384. The van der Waals surface area contributed by atoms with Gasteiger partial charge in [-0.2, -0.15) is 0 Å². The van der Waals surface area contributed by atoms with Crippen LogP contribution in [0.4, 0.5) is 5.69 Å². The summed E-state index contributed by atoms with van der Waals surface area (Å²) in [6.45, 7) is 1.52. The zero-order valence-corrected chi connectivity index (χ0v) is 10.2. The SMILES string of the molecule is O=C(NCC1CNCC1O)c1cccc([N+](=O)[O-])c1. The Labute approximate surface area is 109 Å². The van der Waals surface area contributed by atoms with Gasteiger partial charge in [-0.05, 0) is 6.07 Å². The number of non-ortho nitro benzene ring substituents is 1. The Morgan fingerprint density at radius 2 is 2.32 bits per heavy atom. The fraction of sp³-hybridized carbons (Fsp3) is 0.417. The number of nitro benzene ring substituents is 1. The maximum absolute atomic E-state index is 11.8. The molecule has 1 saturated heterocycles. The first-order chi connectivity index (χ1) is 9.08. The summed E-state index contributed by atoms with van der Waals surface area (Å²) in [6.07, 6.45) is -0.467. The summed E-state index contributed by atoms with van der Waals surface area (Å²) in [5.41, 5.74) is 0.130. The summed E-state index contributed by atoms with van der Waals surface area (Å²) in [4.78, 5) is 21.9. The summed E-state index contributed by atoms with van der Waals surface area (Å²) >= 11 is 0. The number of nitro groups is 1. The van der Waals surface area contributed by atoms with Crippen molar-refractivity contribution in [3.63, 3.8) is 0 Å². The largest absolute Gasteiger partial charge is 0.391 e. The molecule has 1 aliphatic heterocycles. The Hall–Kier alpha value is -1.99. The Balaban J connectivity index is 1.96. The van der Waals surface area contributed by atoms with Crippen molar-refractivity contribution in [3.8, 4) is 0 Å². The van der Waals surface area contributed by atoms with Gasteiger partial charge in [-0.25, -0.2) is 0 Å². The second-order valence-corrected chi connectivity index (χ2v) is 4.50. The summed E-state index contributed by atoms with van der Waals surface area (Å²) < 4.78 is 0. The first kappa shape index (κ1) is 13.4. The number of aliphatic hydroxyl groups excluding tert-OH is 1. The normalized spacial score (nSPS) is 22.2. The number of carbonyl (C=O) groups excluding carboxylic acids is 1. The van der Waals surface area contributed by atoms with E-state index < -0.39 is 11.0 Å². The lowest BCUT2D eigenvalue weighted by Gasteiger charge is -2.13. The van der Waals surface area contributed by atoms with Gasteiger partial charge in [-0.15, -0.1) is 0 Å². The third-order valence-corrected chi connectivity index (χ3v) is 3.15. The van der Waals surface area contributed by atoms with Crippen molar-refractivity contribution in [3.05, 3.63) is 39.9 Å². The number of carbonyl (C=O) groups is 1. The van der Waals surface area contributed by atoms with Crippen molar-refractivity contribution in [1.82, 2.24) is 10.6 Å². The van der Waals surface area contributed by atoms with E-state index in [1.807, 2.05) is 0 Å². The van der Waals surface area contributed by atoms with Crippen molar-refractivity contribution in [1.29, 1.82) is 0 Å². The van der Waals surface area contributed by atoms with Crippen LogP contribution in [0.1, 0.15) is 10.4 Å². The molecule has 1 aromatic rings. The van der Waals surface area contributed by atoms with Crippen LogP contribution in [0, 0.1) is 16.0 Å². The molecule has 2 atom stereocenters. The van der Waals surface area contributed by atoms with Gasteiger partial charge in [0.25, 0.3) is 11.6 Å². The van der Waals surface area contributed by atoms with E-state index in [0.29, 0.717) is 19.6 Å². The minimum Gasteiger partial charge on any atom is -0.391 e. The highest BCUT2D eigenvalue weighted by molar-refractivity contribution is 5.94. The molecular weight excluding hydrogens is 250 g/mol. The fourth-order valence-electron chi connectivity index (χ4n) is 2.01. The number of nitrogens with one attached hydrogen (secondary N) is 2. The van der Waals surface area contributed by atoms with E-state index in [9.17, 15) is 20.0 Å². The predicted octanol–water partition coefficient (Wildman–Crippen LogP) is -0.0951. The molecule has 19 heavy (non-hydrogen) atoms. The van der Waals surface area contributed by atoms with Gasteiger partial charge >= 0.3 is 0 Å². The number of nitrogens with zero attached hydrogens (tertiary/aromatic N) is 1. The maximum Gasteiger partial charge on any atom is 0.270 e. The quantitative estimate of drug-likeness (QED) is 0.521. The molecule has 7 nitrogen and oxygen atoms in total. The van der Waals surface area contributed by atoms with Gasteiger partial charge in [0.2, 0.25) is 0 Å². The Bertz CT molecular complexity index is 492. The molecule has 0 saturated carbocycles. The lowest BCUT2D eigenvalue weighted by atomic mass is 10.1. The molecule has 3 N–H and O–H groups in total. The van der Waals surface area contributed by atoms with Gasteiger partial charge in [0, 0.05) is 43.2 Å². The third kappa shape index (κ3) is 3.27. The molecule has 1 fully saturated rings. The van der Waals surface area contributed by atoms with Crippen molar-refractivity contribution >= 4 is 11.6 Å². The Morgan fingerprint density at radius 1 is 1.53 bits per heavy atom. The molecule has 0 spiro atoms. The average Bonchev–Trinajstić information content (AvgIpc) is 2.81. The first-order valence-electron chi connectivity index (χ1n) is 5.99. The number of benzene rings is 1. The number of β-amino-alcohol motifs (C(OH)–C–C–N with tert-alkyl or cyclic N) is 1. The Morgan fingerprint density at radius 3 is 2.95 bits per heavy atom. The van der Waals surface area contributed by atoms with E-state index in [-0.39, 0.29) is 23.1 Å². The molecule has 1 aromatic carbocycles. The van der Waals surface area contributed by atoms with Crippen LogP contribution < -0.4 is 10.6 Å². The molecule has 2 rings (SSSR count). The predicted molar refractivity (Wildman–Crippen MR) is 67.8 cm³/mol. The van der Waals surface area contributed by atoms with Crippen LogP contribution in [0.25, 0.3) is 0 Å². The molecule has 7 heteroatoms. The van der Waals surface area contributed by atoms with Crippen molar-refractivity contribution in [2.75, 3.05) is 19.6 Å². The molecule has 1 amide bonds. The molecule has 0 aromatic heterocycles. The standard InChI is InChI=1S/C12H15N3O4/c16-11-7-13-5-9(11)6-14-12(17)8-2-1-3-10(4-8)15(18)19/h1-4,9,11,13,16H,5-7H2,(H,14,17). The minimum atomic E-state index is -0.540. The van der Waals surface area contributed by atoms with Gasteiger partial charge in [0.1, 0.15) is 0 Å². The first-order valence-corrected chi connectivity index (χ1v) is 5.99.